The van der Waals surface area contributed by atoms with Gasteiger partial charge in [-0.15, -0.1) is 5.10 Å². The van der Waals surface area contributed by atoms with Crippen LogP contribution in [0.1, 0.15) is 20.7 Å². The third-order valence-electron chi connectivity index (χ3n) is 4.73. The molecule has 0 atom stereocenters. The van der Waals surface area contributed by atoms with Gasteiger partial charge in [0.25, 0.3) is 17.5 Å². The molecule has 0 radical (unpaired) electrons. The highest BCUT2D eigenvalue weighted by Gasteiger charge is 2.14. The van der Waals surface area contributed by atoms with Crippen molar-refractivity contribution in [2.75, 3.05) is 17.7 Å². The van der Waals surface area contributed by atoms with Crippen molar-refractivity contribution >= 4 is 29.2 Å². The normalized spacial score (nSPS) is 10.4. The van der Waals surface area contributed by atoms with Crippen LogP contribution in [0, 0.1) is 10.1 Å². The Morgan fingerprint density at radius 1 is 0.853 bits per heavy atom. The number of benzene rings is 3. The number of rotatable bonds is 7. The lowest BCUT2D eigenvalue weighted by Crippen LogP contribution is -2.14. The molecule has 3 aromatic carbocycles. The van der Waals surface area contributed by atoms with Crippen molar-refractivity contribution in [3.63, 3.8) is 0 Å². The van der Waals surface area contributed by atoms with E-state index in [9.17, 15) is 19.7 Å². The van der Waals surface area contributed by atoms with E-state index in [-0.39, 0.29) is 23.2 Å². The molecular weight excluding hydrogens is 442 g/mol. The number of nitrogens with zero attached hydrogens (tertiary/aromatic N) is 3. The first-order valence-corrected chi connectivity index (χ1v) is 9.88. The summed E-state index contributed by atoms with van der Waals surface area (Å²) in [6, 6.07) is 18.3. The SMILES string of the molecule is COc1ccc(-c2nnc(NC(=O)c3ccc(NC(=O)c4ccc([N+](=O)[O-])cc4)cc3)o2)cc1. The van der Waals surface area contributed by atoms with Crippen molar-refractivity contribution in [1.29, 1.82) is 0 Å². The molecule has 1 heterocycles. The summed E-state index contributed by atoms with van der Waals surface area (Å²) in [6.07, 6.45) is 0. The summed E-state index contributed by atoms with van der Waals surface area (Å²) in [5.74, 6) is 0.00799. The number of carbonyl (C=O) groups is 2. The lowest BCUT2D eigenvalue weighted by molar-refractivity contribution is -0.384. The lowest BCUT2D eigenvalue weighted by atomic mass is 10.1. The van der Waals surface area contributed by atoms with Gasteiger partial charge < -0.3 is 14.5 Å². The Balaban J connectivity index is 1.37. The van der Waals surface area contributed by atoms with Gasteiger partial charge in [0.15, 0.2) is 0 Å². The molecular formula is C23H17N5O6. The first kappa shape index (κ1) is 22.1. The average Bonchev–Trinajstić information content (AvgIpc) is 3.33. The molecule has 0 aliphatic rings. The summed E-state index contributed by atoms with van der Waals surface area (Å²) in [5.41, 5.74) is 1.57. The Morgan fingerprint density at radius 3 is 2.03 bits per heavy atom. The van der Waals surface area contributed by atoms with Crippen LogP contribution in [-0.4, -0.2) is 34.0 Å². The number of nitro groups is 1. The van der Waals surface area contributed by atoms with Gasteiger partial charge in [-0.3, -0.25) is 25.0 Å². The zero-order valence-electron chi connectivity index (χ0n) is 17.7. The van der Waals surface area contributed by atoms with Crippen LogP contribution in [0.25, 0.3) is 11.5 Å². The summed E-state index contributed by atoms with van der Waals surface area (Å²) < 4.78 is 10.6. The Bertz CT molecular complexity index is 1330. The van der Waals surface area contributed by atoms with E-state index >= 15 is 0 Å². The minimum atomic E-state index is -0.542. The molecule has 4 aromatic rings. The van der Waals surface area contributed by atoms with Crippen LogP contribution in [0.3, 0.4) is 0 Å². The molecule has 2 amide bonds. The molecule has 0 aliphatic carbocycles. The van der Waals surface area contributed by atoms with E-state index in [1.54, 1.807) is 43.5 Å². The molecule has 11 nitrogen and oxygen atoms in total. The van der Waals surface area contributed by atoms with Gasteiger partial charge in [-0.05, 0) is 60.7 Å². The van der Waals surface area contributed by atoms with Gasteiger partial charge >= 0.3 is 6.01 Å². The third-order valence-corrected chi connectivity index (χ3v) is 4.73. The van der Waals surface area contributed by atoms with Crippen molar-refractivity contribution in [2.24, 2.45) is 0 Å². The van der Waals surface area contributed by atoms with Crippen LogP contribution in [0.2, 0.25) is 0 Å². The number of aromatic nitrogens is 2. The Hall–Kier alpha value is -5.06. The molecule has 0 aliphatic heterocycles. The number of carbonyl (C=O) groups excluding carboxylic acids is 2. The molecule has 0 saturated heterocycles. The van der Waals surface area contributed by atoms with Crippen molar-refractivity contribution in [1.82, 2.24) is 10.2 Å². The summed E-state index contributed by atoms with van der Waals surface area (Å²) in [5, 5.41) is 23.7. The Labute approximate surface area is 192 Å². The van der Waals surface area contributed by atoms with Gasteiger partial charge in [0.05, 0.1) is 12.0 Å². The molecule has 0 spiro atoms. The Morgan fingerprint density at radius 2 is 1.44 bits per heavy atom. The predicted octanol–water partition coefficient (Wildman–Crippen LogP) is 4.16. The first-order chi connectivity index (χ1) is 16.4. The summed E-state index contributed by atoms with van der Waals surface area (Å²) in [4.78, 5) is 35.0. The van der Waals surface area contributed by atoms with Gasteiger partial charge in [0, 0.05) is 34.5 Å². The van der Waals surface area contributed by atoms with Crippen molar-refractivity contribution in [2.45, 2.75) is 0 Å². The maximum Gasteiger partial charge on any atom is 0.322 e. The standard InChI is InChI=1S/C23H17N5O6/c1-33-19-12-6-16(7-13-19)22-26-27-23(34-22)25-21(30)14-2-8-17(9-3-14)24-20(29)15-4-10-18(11-5-15)28(31)32/h2-13H,1H3,(H,24,29)(H,25,27,30). The van der Waals surface area contributed by atoms with Gasteiger partial charge in [-0.1, -0.05) is 5.10 Å². The largest absolute Gasteiger partial charge is 0.497 e. The van der Waals surface area contributed by atoms with Gasteiger partial charge in [0.1, 0.15) is 5.75 Å². The van der Waals surface area contributed by atoms with Crippen molar-refractivity contribution in [3.8, 4) is 17.2 Å². The van der Waals surface area contributed by atoms with Crippen LogP contribution >= 0.6 is 0 Å². The number of non-ortho nitro benzene ring substituents is 1. The van der Waals surface area contributed by atoms with Crippen molar-refractivity contribution < 1.29 is 23.7 Å². The van der Waals surface area contributed by atoms with Crippen LogP contribution in [-0.2, 0) is 0 Å². The second-order valence-corrected chi connectivity index (χ2v) is 6.93. The van der Waals surface area contributed by atoms with Crippen molar-refractivity contribution in [3.05, 3.63) is 94.0 Å². The minimum absolute atomic E-state index is 0.0635. The third kappa shape index (κ3) is 5.05. The quantitative estimate of drug-likeness (QED) is 0.309. The molecule has 11 heteroatoms. The number of hydrogen-bond donors (Lipinski definition) is 2. The van der Waals surface area contributed by atoms with Crippen LogP contribution in [0.4, 0.5) is 17.4 Å². The maximum absolute atomic E-state index is 12.5. The number of methoxy groups -OCH3 is 1. The average molecular weight is 459 g/mol. The van der Waals surface area contributed by atoms with Crippen LogP contribution in [0.5, 0.6) is 5.75 Å². The predicted molar refractivity (Wildman–Crippen MR) is 122 cm³/mol. The van der Waals surface area contributed by atoms with Gasteiger partial charge in [0.2, 0.25) is 5.89 Å². The molecule has 0 saturated carbocycles. The topological polar surface area (TPSA) is 149 Å². The minimum Gasteiger partial charge on any atom is -0.497 e. The van der Waals surface area contributed by atoms with Gasteiger partial charge in [-0.2, -0.15) is 0 Å². The number of nitrogens with one attached hydrogen (secondary N) is 2. The highest BCUT2D eigenvalue weighted by atomic mass is 16.6. The van der Waals surface area contributed by atoms with Crippen LogP contribution < -0.4 is 15.4 Å². The first-order valence-electron chi connectivity index (χ1n) is 9.88. The monoisotopic (exact) mass is 459 g/mol. The number of anilines is 2. The number of amides is 2. The molecule has 170 valence electrons. The zero-order chi connectivity index (χ0) is 24.1. The van der Waals surface area contributed by atoms with E-state index in [0.717, 1.165) is 0 Å². The highest BCUT2D eigenvalue weighted by Crippen LogP contribution is 2.23. The summed E-state index contributed by atoms with van der Waals surface area (Å²) in [7, 11) is 1.56. The second kappa shape index (κ2) is 9.61. The van der Waals surface area contributed by atoms with E-state index in [2.05, 4.69) is 20.8 Å². The van der Waals surface area contributed by atoms with E-state index in [1.807, 2.05) is 0 Å². The highest BCUT2D eigenvalue weighted by molar-refractivity contribution is 6.05. The van der Waals surface area contributed by atoms with E-state index in [1.165, 1.54) is 36.4 Å². The maximum atomic E-state index is 12.5. The molecule has 0 fully saturated rings. The fourth-order valence-corrected chi connectivity index (χ4v) is 2.94. The fraction of sp³-hybridized carbons (Fsp3) is 0.0435. The number of ether oxygens (including phenoxy) is 1. The molecule has 4 rings (SSSR count). The van der Waals surface area contributed by atoms with E-state index in [0.29, 0.717) is 22.6 Å². The number of hydrogen-bond acceptors (Lipinski definition) is 8. The summed E-state index contributed by atoms with van der Waals surface area (Å²) >= 11 is 0. The molecule has 1 aromatic heterocycles. The lowest BCUT2D eigenvalue weighted by Gasteiger charge is -2.06. The zero-order valence-corrected chi connectivity index (χ0v) is 17.7. The molecule has 0 bridgehead atoms. The van der Waals surface area contributed by atoms with E-state index < -0.39 is 16.7 Å². The molecule has 0 unspecified atom stereocenters. The van der Waals surface area contributed by atoms with E-state index in [4.69, 9.17) is 9.15 Å². The fourth-order valence-electron chi connectivity index (χ4n) is 2.94. The molecule has 2 N–H and O–H groups in total. The number of nitro benzene ring substituents is 1. The summed E-state index contributed by atoms with van der Waals surface area (Å²) in [6.45, 7) is 0. The van der Waals surface area contributed by atoms with Crippen LogP contribution in [0.15, 0.2) is 77.2 Å². The smallest absolute Gasteiger partial charge is 0.322 e. The second-order valence-electron chi connectivity index (χ2n) is 6.93. The Kier molecular flexibility index (Phi) is 6.26. The molecule has 34 heavy (non-hydrogen) atoms. The van der Waals surface area contributed by atoms with Gasteiger partial charge in [-0.25, -0.2) is 0 Å².